The number of rotatable bonds is 8. The van der Waals surface area contributed by atoms with Gasteiger partial charge in [-0.1, -0.05) is 30.3 Å². The molecular weight excluding hydrogens is 318 g/mol. The van der Waals surface area contributed by atoms with Crippen molar-refractivity contribution >= 4 is 16.9 Å². The van der Waals surface area contributed by atoms with Crippen molar-refractivity contribution in [3.8, 4) is 0 Å². The molecule has 0 bridgehead atoms. The normalized spacial score (nSPS) is 13.7. The Bertz CT molecular complexity index is 810. The molecule has 0 radical (unpaired) electrons. The third-order valence-corrected chi connectivity index (χ3v) is 4.54. The number of nitrogens with zero attached hydrogens (tertiary/aromatic N) is 1. The summed E-state index contributed by atoms with van der Waals surface area (Å²) >= 11 is 0. The molecule has 2 unspecified atom stereocenters. The van der Waals surface area contributed by atoms with Crippen LogP contribution >= 0.6 is 0 Å². The van der Waals surface area contributed by atoms with Crippen LogP contribution < -0.4 is 11.1 Å². The van der Waals surface area contributed by atoms with Gasteiger partial charge in [-0.05, 0) is 31.2 Å². The SMILES string of the molecule is CCC(N)CC(CCNC(=O)c1cnoc1)c1coc2ccccc12. The molecule has 2 atom stereocenters. The molecule has 0 saturated heterocycles. The zero-order valence-corrected chi connectivity index (χ0v) is 14.3. The van der Waals surface area contributed by atoms with Gasteiger partial charge >= 0.3 is 0 Å². The summed E-state index contributed by atoms with van der Waals surface area (Å²) in [6.45, 7) is 2.63. The molecule has 0 saturated carbocycles. The van der Waals surface area contributed by atoms with E-state index in [9.17, 15) is 4.79 Å². The molecule has 0 aliphatic heterocycles. The number of nitrogens with two attached hydrogens (primary N) is 1. The molecule has 6 heteroatoms. The van der Waals surface area contributed by atoms with Gasteiger partial charge in [-0.2, -0.15) is 0 Å². The standard InChI is InChI=1S/C19H23N3O3/c1-2-15(20)9-13(7-8-21-19(23)14-10-22-25-11-14)17-12-24-18-6-4-3-5-16(17)18/h3-6,10-13,15H,2,7-9,20H2,1H3,(H,21,23). The van der Waals surface area contributed by atoms with E-state index in [1.54, 1.807) is 0 Å². The summed E-state index contributed by atoms with van der Waals surface area (Å²) in [6, 6.07) is 8.11. The van der Waals surface area contributed by atoms with Crippen LogP contribution in [0.4, 0.5) is 0 Å². The fourth-order valence-corrected chi connectivity index (χ4v) is 3.03. The van der Waals surface area contributed by atoms with Crippen LogP contribution in [0.3, 0.4) is 0 Å². The Hall–Kier alpha value is -2.60. The number of furan rings is 1. The molecule has 1 aromatic carbocycles. The van der Waals surface area contributed by atoms with Gasteiger partial charge in [0.2, 0.25) is 0 Å². The minimum absolute atomic E-state index is 0.118. The van der Waals surface area contributed by atoms with E-state index in [-0.39, 0.29) is 17.9 Å². The number of amides is 1. The van der Waals surface area contributed by atoms with Gasteiger partial charge < -0.3 is 20.0 Å². The first-order valence-electron chi connectivity index (χ1n) is 8.58. The molecule has 2 aromatic heterocycles. The maximum absolute atomic E-state index is 12.0. The minimum atomic E-state index is -0.183. The van der Waals surface area contributed by atoms with Crippen molar-refractivity contribution in [1.82, 2.24) is 10.5 Å². The summed E-state index contributed by atoms with van der Waals surface area (Å²) in [7, 11) is 0. The van der Waals surface area contributed by atoms with Crippen molar-refractivity contribution in [3.05, 3.63) is 54.1 Å². The molecule has 3 N–H and O–H groups in total. The average molecular weight is 341 g/mol. The number of nitrogens with one attached hydrogen (secondary N) is 1. The molecule has 0 spiro atoms. The summed E-state index contributed by atoms with van der Waals surface area (Å²) in [6.07, 6.45) is 7.11. The van der Waals surface area contributed by atoms with Crippen LogP contribution in [0.5, 0.6) is 0 Å². The molecule has 132 valence electrons. The highest BCUT2D eigenvalue weighted by molar-refractivity contribution is 5.93. The first-order chi connectivity index (χ1) is 12.2. The second-order valence-electron chi connectivity index (χ2n) is 6.25. The highest BCUT2D eigenvalue weighted by Gasteiger charge is 2.20. The summed E-state index contributed by atoms with van der Waals surface area (Å²) in [5, 5.41) is 7.57. The molecule has 0 fully saturated rings. The molecule has 1 amide bonds. The lowest BCUT2D eigenvalue weighted by Gasteiger charge is -2.20. The van der Waals surface area contributed by atoms with Crippen molar-refractivity contribution < 1.29 is 13.7 Å². The molecular formula is C19H23N3O3. The number of hydrogen-bond donors (Lipinski definition) is 2. The van der Waals surface area contributed by atoms with Crippen LogP contribution in [-0.4, -0.2) is 23.7 Å². The van der Waals surface area contributed by atoms with Gasteiger partial charge in [0.15, 0.2) is 0 Å². The summed E-state index contributed by atoms with van der Waals surface area (Å²) in [5.74, 6) is 0.0400. The summed E-state index contributed by atoms with van der Waals surface area (Å²) in [4.78, 5) is 12.0. The zero-order chi connectivity index (χ0) is 17.6. The summed E-state index contributed by atoms with van der Waals surface area (Å²) < 4.78 is 10.4. The molecule has 25 heavy (non-hydrogen) atoms. The second-order valence-corrected chi connectivity index (χ2v) is 6.25. The Morgan fingerprint density at radius 2 is 2.16 bits per heavy atom. The third-order valence-electron chi connectivity index (χ3n) is 4.54. The van der Waals surface area contributed by atoms with Crippen molar-refractivity contribution in [2.24, 2.45) is 5.73 Å². The van der Waals surface area contributed by atoms with Crippen LogP contribution in [-0.2, 0) is 0 Å². The number of fused-ring (bicyclic) bond motifs is 1. The van der Waals surface area contributed by atoms with Crippen LogP contribution in [0.25, 0.3) is 11.0 Å². The lowest BCUT2D eigenvalue weighted by atomic mass is 9.88. The van der Waals surface area contributed by atoms with E-state index in [1.165, 1.54) is 12.5 Å². The number of para-hydroxylation sites is 1. The average Bonchev–Trinajstić information content (AvgIpc) is 3.30. The van der Waals surface area contributed by atoms with E-state index in [0.29, 0.717) is 12.1 Å². The predicted octanol–water partition coefficient (Wildman–Crippen LogP) is 3.45. The Labute approximate surface area is 146 Å². The molecule has 6 nitrogen and oxygen atoms in total. The summed E-state index contributed by atoms with van der Waals surface area (Å²) in [5.41, 5.74) is 8.65. The van der Waals surface area contributed by atoms with Gasteiger partial charge in [-0.3, -0.25) is 4.79 Å². The van der Waals surface area contributed by atoms with Crippen molar-refractivity contribution in [1.29, 1.82) is 0 Å². The Morgan fingerprint density at radius 1 is 1.32 bits per heavy atom. The fraction of sp³-hybridized carbons (Fsp3) is 0.368. The van der Waals surface area contributed by atoms with Crippen LogP contribution in [0.1, 0.15) is 48.0 Å². The highest BCUT2D eigenvalue weighted by atomic mass is 16.5. The Morgan fingerprint density at radius 3 is 2.92 bits per heavy atom. The van der Waals surface area contributed by atoms with Gasteiger partial charge in [0, 0.05) is 23.5 Å². The van der Waals surface area contributed by atoms with E-state index in [1.807, 2.05) is 24.5 Å². The topological polar surface area (TPSA) is 94.3 Å². The number of carbonyl (C=O) groups is 1. The number of carbonyl (C=O) groups excluding carboxylic acids is 1. The highest BCUT2D eigenvalue weighted by Crippen LogP contribution is 2.32. The van der Waals surface area contributed by atoms with Crippen LogP contribution in [0.15, 0.2) is 51.9 Å². The monoisotopic (exact) mass is 341 g/mol. The lowest BCUT2D eigenvalue weighted by molar-refractivity contribution is 0.0951. The van der Waals surface area contributed by atoms with Gasteiger partial charge in [-0.25, -0.2) is 0 Å². The smallest absolute Gasteiger partial charge is 0.256 e. The third kappa shape index (κ3) is 4.09. The van der Waals surface area contributed by atoms with E-state index in [4.69, 9.17) is 14.7 Å². The lowest BCUT2D eigenvalue weighted by Crippen LogP contribution is -2.27. The van der Waals surface area contributed by atoms with Crippen molar-refractivity contribution in [2.45, 2.75) is 38.1 Å². The minimum Gasteiger partial charge on any atom is -0.464 e. The van der Waals surface area contributed by atoms with Crippen molar-refractivity contribution in [2.75, 3.05) is 6.54 Å². The number of aromatic nitrogens is 1. The van der Waals surface area contributed by atoms with Crippen LogP contribution in [0.2, 0.25) is 0 Å². The quantitative estimate of drug-likeness (QED) is 0.654. The predicted molar refractivity (Wildman–Crippen MR) is 95.3 cm³/mol. The second kappa shape index (κ2) is 7.98. The maximum atomic E-state index is 12.0. The van der Waals surface area contributed by atoms with Gasteiger partial charge in [0.1, 0.15) is 11.8 Å². The molecule has 2 heterocycles. The van der Waals surface area contributed by atoms with Gasteiger partial charge in [0.25, 0.3) is 5.91 Å². The maximum Gasteiger partial charge on any atom is 0.256 e. The molecule has 3 aromatic rings. The van der Waals surface area contributed by atoms with E-state index < -0.39 is 0 Å². The molecule has 0 aliphatic rings. The first kappa shape index (κ1) is 17.2. The first-order valence-corrected chi connectivity index (χ1v) is 8.58. The van der Waals surface area contributed by atoms with Crippen LogP contribution in [0, 0.1) is 0 Å². The molecule has 3 rings (SSSR count). The molecule has 0 aliphatic carbocycles. The van der Waals surface area contributed by atoms with E-state index >= 15 is 0 Å². The fourth-order valence-electron chi connectivity index (χ4n) is 3.03. The Balaban J connectivity index is 1.70. The van der Waals surface area contributed by atoms with Gasteiger partial charge in [0.05, 0.1) is 18.0 Å². The van der Waals surface area contributed by atoms with Gasteiger partial charge in [-0.15, -0.1) is 0 Å². The number of hydrogen-bond acceptors (Lipinski definition) is 5. The van der Waals surface area contributed by atoms with Crippen molar-refractivity contribution in [3.63, 3.8) is 0 Å². The largest absolute Gasteiger partial charge is 0.464 e. The van der Waals surface area contributed by atoms with E-state index in [2.05, 4.69) is 23.5 Å². The zero-order valence-electron chi connectivity index (χ0n) is 14.3. The van der Waals surface area contributed by atoms with E-state index in [0.717, 1.165) is 35.8 Å². The Kier molecular flexibility index (Phi) is 5.50. The number of benzene rings is 1.